The zero-order chi connectivity index (χ0) is 18.1. The maximum Gasteiger partial charge on any atom is 0.221 e. The molecule has 2 rings (SSSR count). The van der Waals surface area contributed by atoms with E-state index >= 15 is 0 Å². The number of nitrogens with zero attached hydrogens (tertiary/aromatic N) is 2. The van der Waals surface area contributed by atoms with E-state index in [1.807, 2.05) is 24.3 Å². The van der Waals surface area contributed by atoms with Crippen molar-refractivity contribution < 1.29 is 4.79 Å². The molecule has 1 amide bonds. The van der Waals surface area contributed by atoms with Gasteiger partial charge in [0.15, 0.2) is 5.96 Å². The summed E-state index contributed by atoms with van der Waals surface area (Å²) in [5, 5.41) is 9.59. The van der Waals surface area contributed by atoms with Crippen LogP contribution in [0.5, 0.6) is 0 Å². The molecule has 138 valence electrons. The number of hydrogen-bond donors (Lipinski definition) is 3. The summed E-state index contributed by atoms with van der Waals surface area (Å²) in [6, 6.07) is 8.40. The highest BCUT2D eigenvalue weighted by Gasteiger charge is 2.22. The molecule has 1 heterocycles. The Balaban J connectivity index is 1.93. The zero-order valence-corrected chi connectivity index (χ0v) is 15.6. The molecule has 1 atom stereocenters. The number of anilines is 1. The summed E-state index contributed by atoms with van der Waals surface area (Å²) >= 11 is 0. The zero-order valence-electron chi connectivity index (χ0n) is 15.6. The maximum absolute atomic E-state index is 11.2. The predicted octanol–water partition coefficient (Wildman–Crippen LogP) is 2.18. The van der Waals surface area contributed by atoms with Gasteiger partial charge in [-0.2, -0.15) is 0 Å². The molecule has 1 aliphatic rings. The second kappa shape index (κ2) is 10.0. The van der Waals surface area contributed by atoms with Gasteiger partial charge < -0.3 is 16.0 Å². The topological polar surface area (TPSA) is 68.8 Å². The van der Waals surface area contributed by atoms with Gasteiger partial charge in [0, 0.05) is 31.7 Å². The number of carbonyl (C=O) groups is 1. The van der Waals surface area contributed by atoms with Gasteiger partial charge in [-0.3, -0.25) is 9.69 Å². The molecule has 1 saturated heterocycles. The Kier molecular flexibility index (Phi) is 7.73. The van der Waals surface area contributed by atoms with Crippen LogP contribution >= 0.6 is 0 Å². The van der Waals surface area contributed by atoms with E-state index < -0.39 is 0 Å². The number of hydrogen-bond acceptors (Lipinski definition) is 3. The highest BCUT2D eigenvalue weighted by atomic mass is 16.1. The van der Waals surface area contributed by atoms with E-state index in [0.29, 0.717) is 12.6 Å². The largest absolute Gasteiger partial charge is 0.357 e. The molecule has 0 saturated carbocycles. The maximum atomic E-state index is 11.2. The van der Waals surface area contributed by atoms with Gasteiger partial charge in [0.1, 0.15) is 0 Å². The molecule has 1 aromatic rings. The van der Waals surface area contributed by atoms with Crippen molar-refractivity contribution in [2.75, 3.05) is 31.5 Å². The first kappa shape index (κ1) is 19.2. The fourth-order valence-corrected chi connectivity index (χ4v) is 3.22. The predicted molar refractivity (Wildman–Crippen MR) is 104 cm³/mol. The first-order valence-electron chi connectivity index (χ1n) is 9.25. The minimum absolute atomic E-state index is 0.0623. The number of aliphatic imine (C=N–C) groups is 1. The summed E-state index contributed by atoms with van der Waals surface area (Å²) in [6.45, 7) is 10.4. The third-order valence-electron chi connectivity index (χ3n) is 4.42. The lowest BCUT2D eigenvalue weighted by Crippen LogP contribution is -2.44. The lowest BCUT2D eigenvalue weighted by Gasteiger charge is -2.24. The molecule has 0 aromatic heterocycles. The molecule has 25 heavy (non-hydrogen) atoms. The summed E-state index contributed by atoms with van der Waals surface area (Å²) in [6.07, 6.45) is 2.53. The summed E-state index contributed by atoms with van der Waals surface area (Å²) < 4.78 is 0. The molecule has 0 bridgehead atoms. The number of benzene rings is 1. The van der Waals surface area contributed by atoms with Crippen LogP contribution in [0.15, 0.2) is 29.3 Å². The molecule has 0 aliphatic carbocycles. The van der Waals surface area contributed by atoms with Crippen molar-refractivity contribution in [3.8, 4) is 0 Å². The number of rotatable bonds is 7. The SMILES string of the molecule is CCNC(=NCc1cccc(NC(C)=O)c1)NCC1CCCN1CC. The van der Waals surface area contributed by atoms with Gasteiger partial charge in [-0.1, -0.05) is 19.1 Å². The van der Waals surface area contributed by atoms with E-state index in [9.17, 15) is 4.79 Å². The number of amides is 1. The average molecular weight is 345 g/mol. The summed E-state index contributed by atoms with van der Waals surface area (Å²) in [4.78, 5) is 18.4. The van der Waals surface area contributed by atoms with Crippen molar-refractivity contribution in [3.63, 3.8) is 0 Å². The molecular formula is C19H31N5O. The van der Waals surface area contributed by atoms with Gasteiger partial charge in [-0.05, 0) is 50.6 Å². The van der Waals surface area contributed by atoms with Crippen LogP contribution in [0.3, 0.4) is 0 Å². The number of likely N-dealkylation sites (N-methyl/N-ethyl adjacent to an activating group) is 1. The van der Waals surface area contributed by atoms with E-state index in [1.54, 1.807) is 0 Å². The molecule has 6 nitrogen and oxygen atoms in total. The van der Waals surface area contributed by atoms with Gasteiger partial charge in [0.05, 0.1) is 6.54 Å². The highest BCUT2D eigenvalue weighted by Crippen LogP contribution is 2.15. The second-order valence-corrected chi connectivity index (χ2v) is 6.38. The Labute approximate surface area is 151 Å². The van der Waals surface area contributed by atoms with Crippen molar-refractivity contribution in [3.05, 3.63) is 29.8 Å². The van der Waals surface area contributed by atoms with E-state index in [2.05, 4.69) is 39.7 Å². The molecular weight excluding hydrogens is 314 g/mol. The van der Waals surface area contributed by atoms with Crippen LogP contribution in [0, 0.1) is 0 Å². The second-order valence-electron chi connectivity index (χ2n) is 6.38. The molecule has 6 heteroatoms. The first-order valence-corrected chi connectivity index (χ1v) is 9.25. The lowest BCUT2D eigenvalue weighted by atomic mass is 10.2. The molecule has 0 spiro atoms. The molecule has 1 fully saturated rings. The fraction of sp³-hybridized carbons (Fsp3) is 0.579. The van der Waals surface area contributed by atoms with Crippen molar-refractivity contribution in [2.24, 2.45) is 4.99 Å². The van der Waals surface area contributed by atoms with E-state index in [1.165, 1.54) is 26.3 Å². The quantitative estimate of drug-likeness (QED) is 0.523. The van der Waals surface area contributed by atoms with Gasteiger partial charge in [-0.25, -0.2) is 4.99 Å². The van der Waals surface area contributed by atoms with E-state index in [4.69, 9.17) is 0 Å². The van der Waals surface area contributed by atoms with Gasteiger partial charge in [0.2, 0.25) is 5.91 Å². The van der Waals surface area contributed by atoms with Crippen molar-refractivity contribution in [2.45, 2.75) is 46.2 Å². The Morgan fingerprint density at radius 3 is 2.88 bits per heavy atom. The van der Waals surface area contributed by atoms with Crippen LogP contribution in [0.1, 0.15) is 39.2 Å². The standard InChI is InChI=1S/C19H31N5O/c1-4-20-19(22-14-18-10-7-11-24(18)5-2)21-13-16-8-6-9-17(12-16)23-15(3)25/h6,8-9,12,18H,4-5,7,10-11,13-14H2,1-3H3,(H,23,25)(H2,20,21,22). The lowest BCUT2D eigenvalue weighted by molar-refractivity contribution is -0.114. The Morgan fingerprint density at radius 1 is 1.32 bits per heavy atom. The number of likely N-dealkylation sites (tertiary alicyclic amines) is 1. The Morgan fingerprint density at radius 2 is 2.16 bits per heavy atom. The monoisotopic (exact) mass is 345 g/mol. The number of carbonyl (C=O) groups excluding carboxylic acids is 1. The van der Waals surface area contributed by atoms with Gasteiger partial charge >= 0.3 is 0 Å². The molecule has 1 unspecified atom stereocenters. The van der Waals surface area contributed by atoms with E-state index in [-0.39, 0.29) is 5.91 Å². The third-order valence-corrected chi connectivity index (χ3v) is 4.42. The fourth-order valence-electron chi connectivity index (χ4n) is 3.22. The minimum atomic E-state index is -0.0623. The number of guanidine groups is 1. The molecule has 1 aromatic carbocycles. The highest BCUT2D eigenvalue weighted by molar-refractivity contribution is 5.88. The van der Waals surface area contributed by atoms with Crippen LogP contribution in [0.25, 0.3) is 0 Å². The average Bonchev–Trinajstić information content (AvgIpc) is 3.04. The van der Waals surface area contributed by atoms with Crippen LogP contribution < -0.4 is 16.0 Å². The van der Waals surface area contributed by atoms with Crippen LogP contribution in [0.2, 0.25) is 0 Å². The summed E-state index contributed by atoms with van der Waals surface area (Å²) in [5.41, 5.74) is 1.88. The third kappa shape index (κ3) is 6.38. The molecule has 0 radical (unpaired) electrons. The van der Waals surface area contributed by atoms with Crippen molar-refractivity contribution >= 4 is 17.6 Å². The first-order chi connectivity index (χ1) is 12.1. The van der Waals surface area contributed by atoms with Gasteiger partial charge in [0.25, 0.3) is 0 Å². The Hall–Kier alpha value is -2.08. The van der Waals surface area contributed by atoms with Crippen LogP contribution in [0.4, 0.5) is 5.69 Å². The minimum Gasteiger partial charge on any atom is -0.357 e. The van der Waals surface area contributed by atoms with Crippen molar-refractivity contribution in [1.82, 2.24) is 15.5 Å². The summed E-state index contributed by atoms with van der Waals surface area (Å²) in [5.74, 6) is 0.781. The smallest absolute Gasteiger partial charge is 0.221 e. The van der Waals surface area contributed by atoms with Crippen LogP contribution in [-0.2, 0) is 11.3 Å². The number of nitrogens with one attached hydrogen (secondary N) is 3. The van der Waals surface area contributed by atoms with Crippen molar-refractivity contribution in [1.29, 1.82) is 0 Å². The molecule has 1 aliphatic heterocycles. The van der Waals surface area contributed by atoms with E-state index in [0.717, 1.165) is 36.8 Å². The molecule has 3 N–H and O–H groups in total. The normalized spacial score (nSPS) is 18.2. The summed E-state index contributed by atoms with van der Waals surface area (Å²) in [7, 11) is 0. The Bertz CT molecular complexity index is 587. The van der Waals surface area contributed by atoms with Crippen LogP contribution in [-0.4, -0.2) is 49.0 Å². The van der Waals surface area contributed by atoms with Gasteiger partial charge in [-0.15, -0.1) is 0 Å².